The Hall–Kier alpha value is -0.710. The summed E-state index contributed by atoms with van der Waals surface area (Å²) in [6.07, 6.45) is 0.991. The van der Waals surface area contributed by atoms with E-state index >= 15 is 0 Å². The van der Waals surface area contributed by atoms with Crippen molar-refractivity contribution in [1.82, 2.24) is 5.32 Å². The highest BCUT2D eigenvalue weighted by molar-refractivity contribution is 7.99. The first-order valence-electron chi connectivity index (χ1n) is 5.11. The van der Waals surface area contributed by atoms with E-state index in [9.17, 15) is 4.79 Å². The van der Waals surface area contributed by atoms with Crippen molar-refractivity contribution in [1.29, 1.82) is 0 Å². The highest BCUT2D eigenvalue weighted by Crippen LogP contribution is 2.37. The van der Waals surface area contributed by atoms with Gasteiger partial charge in [0.1, 0.15) is 0 Å². The summed E-state index contributed by atoms with van der Waals surface area (Å²) in [6.45, 7) is 0.210. The number of carbonyl (C=O) groups excluding carboxylic acids is 1. The van der Waals surface area contributed by atoms with E-state index in [1.165, 1.54) is 10.5 Å². The number of amides is 1. The number of fused-ring (bicyclic) bond motifs is 1. The fourth-order valence-electron chi connectivity index (χ4n) is 1.80. The number of benzene rings is 1. The van der Waals surface area contributed by atoms with Crippen molar-refractivity contribution < 1.29 is 4.79 Å². The van der Waals surface area contributed by atoms with Crippen molar-refractivity contribution >= 4 is 29.3 Å². The molecule has 0 saturated heterocycles. The zero-order chi connectivity index (χ0) is 11.5. The molecule has 2 rings (SSSR count). The van der Waals surface area contributed by atoms with Gasteiger partial charge in [0, 0.05) is 16.0 Å². The van der Waals surface area contributed by atoms with Gasteiger partial charge in [0.25, 0.3) is 0 Å². The highest BCUT2D eigenvalue weighted by Gasteiger charge is 2.20. The van der Waals surface area contributed by atoms with Gasteiger partial charge in [0.2, 0.25) is 5.91 Å². The highest BCUT2D eigenvalue weighted by atomic mass is 35.5. The van der Waals surface area contributed by atoms with Gasteiger partial charge in [-0.25, -0.2) is 0 Å². The third-order valence-electron chi connectivity index (χ3n) is 2.53. The number of nitrogens with two attached hydrogens (primary N) is 1. The monoisotopic (exact) mass is 256 g/mol. The minimum Gasteiger partial charge on any atom is -0.369 e. The molecule has 1 atom stereocenters. The van der Waals surface area contributed by atoms with Gasteiger partial charge in [0.15, 0.2) is 0 Å². The molecule has 86 valence electrons. The Kier molecular flexibility index (Phi) is 3.74. The number of rotatable bonds is 3. The molecule has 5 heteroatoms. The maximum absolute atomic E-state index is 10.7. The van der Waals surface area contributed by atoms with Crippen LogP contribution in [-0.2, 0) is 4.79 Å². The average molecular weight is 257 g/mol. The van der Waals surface area contributed by atoms with Crippen LogP contribution in [0.25, 0.3) is 0 Å². The molecule has 1 aliphatic rings. The van der Waals surface area contributed by atoms with E-state index < -0.39 is 0 Å². The first kappa shape index (κ1) is 11.8. The van der Waals surface area contributed by atoms with Crippen LogP contribution in [0.4, 0.5) is 0 Å². The predicted molar refractivity (Wildman–Crippen MR) is 66.7 cm³/mol. The van der Waals surface area contributed by atoms with Crippen molar-refractivity contribution in [2.75, 3.05) is 12.3 Å². The van der Waals surface area contributed by atoms with Crippen LogP contribution in [0, 0.1) is 0 Å². The van der Waals surface area contributed by atoms with E-state index in [1.807, 2.05) is 30.0 Å². The number of carbonyl (C=O) groups is 1. The Labute approximate surface area is 104 Å². The number of hydrogen-bond acceptors (Lipinski definition) is 3. The van der Waals surface area contributed by atoms with Crippen molar-refractivity contribution in [2.45, 2.75) is 17.4 Å². The van der Waals surface area contributed by atoms with Crippen LogP contribution in [0.15, 0.2) is 23.1 Å². The second kappa shape index (κ2) is 5.08. The molecule has 0 fully saturated rings. The quantitative estimate of drug-likeness (QED) is 0.869. The largest absolute Gasteiger partial charge is 0.369 e. The Bertz CT molecular complexity index is 411. The third kappa shape index (κ3) is 2.70. The minimum atomic E-state index is -0.332. The lowest BCUT2D eigenvalue weighted by Crippen LogP contribution is -2.33. The lowest BCUT2D eigenvalue weighted by Gasteiger charge is -2.25. The molecule has 1 heterocycles. The second-order valence-electron chi connectivity index (χ2n) is 3.72. The first-order valence-corrected chi connectivity index (χ1v) is 6.47. The third-order valence-corrected chi connectivity index (χ3v) is 3.89. The van der Waals surface area contributed by atoms with Gasteiger partial charge in [-0.2, -0.15) is 0 Å². The maximum Gasteiger partial charge on any atom is 0.231 e. The summed E-state index contributed by atoms with van der Waals surface area (Å²) in [6, 6.07) is 6.06. The topological polar surface area (TPSA) is 55.1 Å². The van der Waals surface area contributed by atoms with E-state index in [4.69, 9.17) is 17.3 Å². The Morgan fingerprint density at radius 1 is 1.62 bits per heavy atom. The number of primary amides is 1. The van der Waals surface area contributed by atoms with Crippen molar-refractivity contribution in [2.24, 2.45) is 5.73 Å². The van der Waals surface area contributed by atoms with E-state index in [2.05, 4.69) is 5.32 Å². The normalized spacial score (nSPS) is 19.2. The van der Waals surface area contributed by atoms with Crippen LogP contribution in [0.3, 0.4) is 0 Å². The van der Waals surface area contributed by atoms with Crippen LogP contribution in [0.1, 0.15) is 18.0 Å². The molecule has 0 bridgehead atoms. The fourth-order valence-corrected chi connectivity index (χ4v) is 3.09. The fraction of sp³-hybridized carbons (Fsp3) is 0.364. The molecule has 1 aromatic carbocycles. The Morgan fingerprint density at radius 3 is 3.19 bits per heavy atom. The summed E-state index contributed by atoms with van der Waals surface area (Å²) in [4.78, 5) is 12.0. The lowest BCUT2D eigenvalue weighted by atomic mass is 10.0. The van der Waals surface area contributed by atoms with Crippen LogP contribution >= 0.6 is 23.4 Å². The molecule has 16 heavy (non-hydrogen) atoms. The van der Waals surface area contributed by atoms with Crippen molar-refractivity contribution in [3.63, 3.8) is 0 Å². The summed E-state index contributed by atoms with van der Waals surface area (Å²) < 4.78 is 0. The number of thioether (sulfide) groups is 1. The molecule has 3 N–H and O–H groups in total. The molecule has 1 aromatic rings. The Morgan fingerprint density at radius 2 is 2.44 bits per heavy atom. The zero-order valence-corrected chi connectivity index (χ0v) is 10.3. The van der Waals surface area contributed by atoms with Gasteiger partial charge in [-0.3, -0.25) is 4.79 Å². The molecule has 0 spiro atoms. The predicted octanol–water partition coefficient (Wildman–Crippen LogP) is 1.95. The molecule has 3 nitrogen and oxygen atoms in total. The standard InChI is InChI=1S/C11H13ClN2OS/c12-7-1-2-10-8(5-7)9(3-4-16-10)14-6-11(13)15/h1-2,5,9,14H,3-4,6H2,(H2,13,15). The van der Waals surface area contributed by atoms with Crippen molar-refractivity contribution in [3.05, 3.63) is 28.8 Å². The van der Waals surface area contributed by atoms with Crippen LogP contribution < -0.4 is 11.1 Å². The smallest absolute Gasteiger partial charge is 0.231 e. The van der Waals surface area contributed by atoms with Crippen LogP contribution in [0.5, 0.6) is 0 Å². The minimum absolute atomic E-state index is 0.183. The van der Waals surface area contributed by atoms with E-state index in [0.29, 0.717) is 0 Å². The maximum atomic E-state index is 10.7. The SMILES string of the molecule is NC(=O)CNC1CCSc2ccc(Cl)cc21. The number of halogens is 1. The van der Waals surface area contributed by atoms with Gasteiger partial charge in [-0.05, 0) is 35.9 Å². The molecule has 0 aromatic heterocycles. The second-order valence-corrected chi connectivity index (χ2v) is 5.29. The van der Waals surface area contributed by atoms with Gasteiger partial charge >= 0.3 is 0 Å². The zero-order valence-electron chi connectivity index (χ0n) is 8.70. The molecular weight excluding hydrogens is 244 g/mol. The molecule has 0 radical (unpaired) electrons. The van der Waals surface area contributed by atoms with Gasteiger partial charge in [0.05, 0.1) is 6.54 Å². The van der Waals surface area contributed by atoms with E-state index in [1.54, 1.807) is 0 Å². The number of nitrogens with one attached hydrogen (secondary N) is 1. The van der Waals surface area contributed by atoms with E-state index in [0.717, 1.165) is 17.2 Å². The summed E-state index contributed by atoms with van der Waals surface area (Å²) in [5.41, 5.74) is 6.30. The lowest BCUT2D eigenvalue weighted by molar-refractivity contribution is -0.117. The molecule has 0 saturated carbocycles. The molecule has 1 aliphatic heterocycles. The number of hydrogen-bond donors (Lipinski definition) is 2. The van der Waals surface area contributed by atoms with Crippen LogP contribution in [0.2, 0.25) is 5.02 Å². The van der Waals surface area contributed by atoms with Crippen molar-refractivity contribution in [3.8, 4) is 0 Å². The van der Waals surface area contributed by atoms with Gasteiger partial charge < -0.3 is 11.1 Å². The summed E-state index contributed by atoms with van der Waals surface area (Å²) in [5.74, 6) is 0.715. The summed E-state index contributed by atoms with van der Waals surface area (Å²) in [5, 5.41) is 3.89. The first-order chi connectivity index (χ1) is 7.66. The summed E-state index contributed by atoms with van der Waals surface area (Å²) >= 11 is 7.80. The molecule has 1 unspecified atom stereocenters. The summed E-state index contributed by atoms with van der Waals surface area (Å²) in [7, 11) is 0. The molecular formula is C11H13ClN2OS. The van der Waals surface area contributed by atoms with E-state index in [-0.39, 0.29) is 18.5 Å². The van der Waals surface area contributed by atoms with Gasteiger partial charge in [-0.15, -0.1) is 11.8 Å². The van der Waals surface area contributed by atoms with Crippen LogP contribution in [-0.4, -0.2) is 18.2 Å². The van der Waals surface area contributed by atoms with Gasteiger partial charge in [-0.1, -0.05) is 11.6 Å². The molecule has 0 aliphatic carbocycles. The Balaban J connectivity index is 2.18. The average Bonchev–Trinajstić information content (AvgIpc) is 2.26. The molecule has 1 amide bonds.